The molecule has 0 aliphatic carbocycles. The fourth-order valence-electron chi connectivity index (χ4n) is 4.66. The Labute approximate surface area is 244 Å². The van der Waals surface area contributed by atoms with Gasteiger partial charge in [0.05, 0.1) is 6.04 Å². The molecule has 232 valence electrons. The summed E-state index contributed by atoms with van der Waals surface area (Å²) in [4.78, 5) is 77.0. The Morgan fingerprint density at radius 3 is 2.12 bits per heavy atom. The smallest absolute Gasteiger partial charge is 0.326 e. The number of hydrogen-bond acceptors (Lipinski definition) is 8. The molecule has 9 N–H and O–H groups in total. The number of nitrogens with one attached hydrogen (secondary N) is 3. The van der Waals surface area contributed by atoms with Crippen molar-refractivity contribution in [2.45, 2.75) is 89.5 Å². The van der Waals surface area contributed by atoms with Crippen molar-refractivity contribution in [2.24, 2.45) is 17.4 Å². The molecule has 1 heterocycles. The minimum absolute atomic E-state index is 0.00447. The fourth-order valence-corrected chi connectivity index (χ4v) is 4.66. The number of nitrogens with zero attached hydrogens (tertiary/aromatic N) is 1. The van der Waals surface area contributed by atoms with E-state index in [0.717, 1.165) is 0 Å². The number of amides is 5. The molecule has 14 heteroatoms. The van der Waals surface area contributed by atoms with Crippen LogP contribution in [0.1, 0.15) is 58.4 Å². The summed E-state index contributed by atoms with van der Waals surface area (Å²) in [5.74, 6) is -4.45. The number of likely N-dealkylation sites (tertiary alicyclic amines) is 1. The van der Waals surface area contributed by atoms with E-state index in [9.17, 15) is 39.0 Å². The summed E-state index contributed by atoms with van der Waals surface area (Å²) >= 11 is 0. The third kappa shape index (κ3) is 10.3. The van der Waals surface area contributed by atoms with E-state index in [1.54, 1.807) is 0 Å². The lowest BCUT2D eigenvalue weighted by Crippen LogP contribution is -2.58. The number of aliphatic carboxylic acids is 1. The molecule has 14 nitrogen and oxygen atoms in total. The first-order valence-corrected chi connectivity index (χ1v) is 14.0. The van der Waals surface area contributed by atoms with Gasteiger partial charge < -0.3 is 42.5 Å². The van der Waals surface area contributed by atoms with E-state index >= 15 is 0 Å². The van der Waals surface area contributed by atoms with E-state index < -0.39 is 65.7 Å². The number of phenolic OH excluding ortho intramolecular Hbond substituents is 1. The Balaban J connectivity index is 2.19. The molecule has 0 saturated carbocycles. The molecule has 1 saturated heterocycles. The zero-order valence-electron chi connectivity index (χ0n) is 24.2. The molecule has 1 aliphatic rings. The van der Waals surface area contributed by atoms with Crippen molar-refractivity contribution in [3.63, 3.8) is 0 Å². The molecular formula is C28H42N6O8. The molecular weight excluding hydrogens is 548 g/mol. The maximum absolute atomic E-state index is 13.5. The van der Waals surface area contributed by atoms with Gasteiger partial charge in [0.2, 0.25) is 29.5 Å². The van der Waals surface area contributed by atoms with E-state index in [0.29, 0.717) is 24.8 Å². The van der Waals surface area contributed by atoms with Gasteiger partial charge in [0.1, 0.15) is 29.9 Å². The SMILES string of the molecule is CC(C)C[C@H](NC(=O)[C@H](C)N)C(=O)N1CCC[C@H]1C(=O)N[C@@H](CCC(N)=O)C(=O)N[C@@H](Cc1ccc(O)cc1)C(=O)O. The van der Waals surface area contributed by atoms with Crippen LogP contribution in [0.3, 0.4) is 0 Å². The quantitative estimate of drug-likeness (QED) is 0.134. The second kappa shape index (κ2) is 15.7. The number of aromatic hydroxyl groups is 1. The molecule has 1 aromatic rings. The molecule has 0 spiro atoms. The highest BCUT2D eigenvalue weighted by molar-refractivity contribution is 5.96. The van der Waals surface area contributed by atoms with Crippen LogP contribution in [0, 0.1) is 5.92 Å². The number of carboxylic acid groups (broad SMARTS) is 1. The minimum atomic E-state index is -1.37. The van der Waals surface area contributed by atoms with Crippen molar-refractivity contribution in [2.75, 3.05) is 6.54 Å². The van der Waals surface area contributed by atoms with Gasteiger partial charge in [0, 0.05) is 19.4 Å². The van der Waals surface area contributed by atoms with Crippen LogP contribution in [-0.2, 0) is 35.2 Å². The van der Waals surface area contributed by atoms with E-state index in [4.69, 9.17) is 11.5 Å². The standard InChI is InChI=1S/C28H42N6O8/c1-15(2)13-20(32-24(37)16(3)29)27(40)34-12-4-5-22(34)26(39)31-19(10-11-23(30)36)25(38)33-21(28(41)42)14-17-6-8-18(35)9-7-17/h6-9,15-16,19-22,35H,4-5,10-14,29H2,1-3H3,(H2,30,36)(H,31,39)(H,32,37)(H,33,38)(H,41,42)/t16-,19-,20-,21-,22-/m0/s1. The van der Waals surface area contributed by atoms with Crippen molar-refractivity contribution >= 4 is 35.5 Å². The highest BCUT2D eigenvalue weighted by Gasteiger charge is 2.39. The third-order valence-electron chi connectivity index (χ3n) is 6.88. The normalized spacial score (nSPS) is 17.5. The summed E-state index contributed by atoms with van der Waals surface area (Å²) in [5.41, 5.74) is 11.5. The maximum Gasteiger partial charge on any atom is 0.326 e. The Hall–Kier alpha value is -4.20. The van der Waals surface area contributed by atoms with Crippen LogP contribution in [-0.4, -0.2) is 87.4 Å². The van der Waals surface area contributed by atoms with E-state index in [-0.39, 0.29) is 37.5 Å². The Kier molecular flexibility index (Phi) is 12.7. The van der Waals surface area contributed by atoms with Crippen molar-refractivity contribution < 1.29 is 39.0 Å². The van der Waals surface area contributed by atoms with Crippen LogP contribution in [0.5, 0.6) is 5.75 Å². The zero-order chi connectivity index (χ0) is 31.6. The number of phenols is 1. The van der Waals surface area contributed by atoms with Crippen molar-refractivity contribution in [3.05, 3.63) is 29.8 Å². The van der Waals surface area contributed by atoms with Gasteiger partial charge in [-0.25, -0.2) is 4.79 Å². The molecule has 5 atom stereocenters. The lowest BCUT2D eigenvalue weighted by Gasteiger charge is -2.31. The van der Waals surface area contributed by atoms with Gasteiger partial charge in [0.15, 0.2) is 0 Å². The summed E-state index contributed by atoms with van der Waals surface area (Å²) in [7, 11) is 0. The summed E-state index contributed by atoms with van der Waals surface area (Å²) < 4.78 is 0. The predicted octanol–water partition coefficient (Wildman–Crippen LogP) is -0.876. The average molecular weight is 591 g/mol. The van der Waals surface area contributed by atoms with Crippen molar-refractivity contribution in [1.82, 2.24) is 20.9 Å². The van der Waals surface area contributed by atoms with Gasteiger partial charge in [-0.3, -0.25) is 24.0 Å². The Bertz CT molecular complexity index is 1140. The lowest BCUT2D eigenvalue weighted by atomic mass is 10.0. The van der Waals surface area contributed by atoms with Gasteiger partial charge in [-0.1, -0.05) is 26.0 Å². The van der Waals surface area contributed by atoms with Crippen molar-refractivity contribution in [3.8, 4) is 5.75 Å². The topological polar surface area (TPSA) is 234 Å². The van der Waals surface area contributed by atoms with Crippen molar-refractivity contribution in [1.29, 1.82) is 0 Å². The van der Waals surface area contributed by atoms with Gasteiger partial charge >= 0.3 is 5.97 Å². The predicted molar refractivity (Wildman–Crippen MR) is 152 cm³/mol. The molecule has 0 unspecified atom stereocenters. The number of carboxylic acids is 1. The average Bonchev–Trinajstić information content (AvgIpc) is 3.40. The monoisotopic (exact) mass is 590 g/mol. The van der Waals surface area contributed by atoms with Gasteiger partial charge in [-0.2, -0.15) is 0 Å². The summed E-state index contributed by atoms with van der Waals surface area (Å²) in [5, 5.41) is 26.8. The number of rotatable bonds is 15. The van der Waals surface area contributed by atoms with Crippen LogP contribution in [0.4, 0.5) is 0 Å². The van der Waals surface area contributed by atoms with Crippen LogP contribution < -0.4 is 27.4 Å². The first kappa shape index (κ1) is 34.0. The second-order valence-electron chi connectivity index (χ2n) is 11.0. The fraction of sp³-hybridized carbons (Fsp3) is 0.571. The van der Waals surface area contributed by atoms with Gasteiger partial charge in [0.25, 0.3) is 0 Å². The number of benzene rings is 1. The minimum Gasteiger partial charge on any atom is -0.508 e. The lowest BCUT2D eigenvalue weighted by molar-refractivity contribution is -0.143. The van der Waals surface area contributed by atoms with E-state index in [1.165, 1.54) is 36.1 Å². The highest BCUT2D eigenvalue weighted by Crippen LogP contribution is 2.21. The molecule has 1 aromatic carbocycles. The molecule has 1 aliphatic heterocycles. The Morgan fingerprint density at radius 1 is 0.952 bits per heavy atom. The first-order chi connectivity index (χ1) is 19.7. The van der Waals surface area contributed by atoms with Crippen LogP contribution in [0.25, 0.3) is 0 Å². The van der Waals surface area contributed by atoms with Crippen LogP contribution in [0.15, 0.2) is 24.3 Å². The third-order valence-corrected chi connectivity index (χ3v) is 6.88. The molecule has 0 aromatic heterocycles. The molecule has 0 bridgehead atoms. The molecule has 1 fully saturated rings. The number of primary amides is 1. The molecule has 5 amide bonds. The number of hydrogen-bond donors (Lipinski definition) is 7. The summed E-state index contributed by atoms with van der Waals surface area (Å²) in [6, 6.07) is 0.425. The van der Waals surface area contributed by atoms with E-state index in [1.807, 2.05) is 13.8 Å². The molecule has 42 heavy (non-hydrogen) atoms. The summed E-state index contributed by atoms with van der Waals surface area (Å²) in [6.45, 7) is 5.53. The molecule has 0 radical (unpaired) electrons. The number of carbonyl (C=O) groups excluding carboxylic acids is 5. The van der Waals surface area contributed by atoms with Crippen LogP contribution >= 0.6 is 0 Å². The first-order valence-electron chi connectivity index (χ1n) is 14.0. The largest absolute Gasteiger partial charge is 0.508 e. The zero-order valence-corrected chi connectivity index (χ0v) is 24.2. The maximum atomic E-state index is 13.5. The molecule has 2 rings (SSSR count). The summed E-state index contributed by atoms with van der Waals surface area (Å²) in [6.07, 6.45) is 0.568. The van der Waals surface area contributed by atoms with Gasteiger partial charge in [-0.05, 0) is 56.2 Å². The number of carbonyl (C=O) groups is 6. The van der Waals surface area contributed by atoms with Crippen LogP contribution in [0.2, 0.25) is 0 Å². The second-order valence-corrected chi connectivity index (χ2v) is 11.0. The highest BCUT2D eigenvalue weighted by atomic mass is 16.4. The van der Waals surface area contributed by atoms with Gasteiger partial charge in [-0.15, -0.1) is 0 Å². The number of nitrogens with two attached hydrogens (primary N) is 2. The van der Waals surface area contributed by atoms with E-state index in [2.05, 4.69) is 16.0 Å². The Morgan fingerprint density at radius 2 is 1.57 bits per heavy atom.